The number of hydrogen-bond acceptors (Lipinski definition) is 3. The van der Waals surface area contributed by atoms with Crippen LogP contribution in [0.2, 0.25) is 0 Å². The Morgan fingerprint density at radius 2 is 1.71 bits per heavy atom. The number of nitrogens with zero attached hydrogens (tertiary/aromatic N) is 1. The van der Waals surface area contributed by atoms with Gasteiger partial charge in [-0.25, -0.2) is 0 Å². The normalized spacial score (nSPS) is 10.2. The Kier molecular flexibility index (Phi) is 8.32. The van der Waals surface area contributed by atoms with E-state index in [1.807, 2.05) is 36.1 Å². The number of benzene rings is 1. The molecule has 0 saturated heterocycles. The van der Waals surface area contributed by atoms with Gasteiger partial charge in [0.25, 0.3) is 0 Å². The van der Waals surface area contributed by atoms with E-state index >= 15 is 0 Å². The molecule has 1 N–H and O–H groups in total. The summed E-state index contributed by atoms with van der Waals surface area (Å²) in [7, 11) is 0. The highest BCUT2D eigenvalue weighted by molar-refractivity contribution is 5.76. The molecule has 4 heteroatoms. The molecule has 118 valence electrons. The predicted molar refractivity (Wildman–Crippen MR) is 87.9 cm³/mol. The van der Waals surface area contributed by atoms with Crippen molar-refractivity contribution >= 4 is 11.6 Å². The summed E-state index contributed by atoms with van der Waals surface area (Å²) >= 11 is 0. The molecule has 0 aromatic heterocycles. The lowest BCUT2D eigenvalue weighted by molar-refractivity contribution is -0.131. The summed E-state index contributed by atoms with van der Waals surface area (Å²) in [5.74, 6) is 1.10. The number of anilines is 1. The van der Waals surface area contributed by atoms with E-state index in [1.54, 1.807) is 0 Å². The third kappa shape index (κ3) is 6.52. The van der Waals surface area contributed by atoms with Crippen LogP contribution in [0.25, 0.3) is 0 Å². The van der Waals surface area contributed by atoms with E-state index < -0.39 is 0 Å². The fourth-order valence-corrected chi connectivity index (χ4v) is 2.21. The third-order valence-corrected chi connectivity index (χ3v) is 3.17. The van der Waals surface area contributed by atoms with E-state index in [1.165, 1.54) is 0 Å². The topological polar surface area (TPSA) is 41.6 Å². The lowest BCUT2D eigenvalue weighted by atomic mass is 10.2. The van der Waals surface area contributed by atoms with Gasteiger partial charge in [0.1, 0.15) is 5.75 Å². The van der Waals surface area contributed by atoms with Crippen molar-refractivity contribution in [2.24, 2.45) is 0 Å². The Balaban J connectivity index is 2.35. The van der Waals surface area contributed by atoms with Crippen LogP contribution in [0, 0.1) is 0 Å². The highest BCUT2D eigenvalue weighted by atomic mass is 16.5. The largest absolute Gasteiger partial charge is 0.494 e. The van der Waals surface area contributed by atoms with Crippen molar-refractivity contribution < 1.29 is 9.53 Å². The molecule has 21 heavy (non-hydrogen) atoms. The van der Waals surface area contributed by atoms with Crippen LogP contribution in [0.15, 0.2) is 24.3 Å². The van der Waals surface area contributed by atoms with Gasteiger partial charge >= 0.3 is 0 Å². The molecule has 0 aliphatic rings. The zero-order chi connectivity index (χ0) is 15.5. The van der Waals surface area contributed by atoms with Gasteiger partial charge in [0.05, 0.1) is 6.61 Å². The van der Waals surface area contributed by atoms with Gasteiger partial charge in [-0.3, -0.25) is 4.79 Å². The van der Waals surface area contributed by atoms with Crippen LogP contribution >= 0.6 is 0 Å². The van der Waals surface area contributed by atoms with E-state index in [9.17, 15) is 4.79 Å². The molecule has 0 bridgehead atoms. The van der Waals surface area contributed by atoms with Gasteiger partial charge in [-0.05, 0) is 44.0 Å². The van der Waals surface area contributed by atoms with E-state index in [4.69, 9.17) is 4.74 Å². The second-order valence-corrected chi connectivity index (χ2v) is 5.01. The molecule has 0 heterocycles. The number of amides is 1. The van der Waals surface area contributed by atoms with Crippen LogP contribution in [0.3, 0.4) is 0 Å². The maximum atomic E-state index is 12.1. The summed E-state index contributed by atoms with van der Waals surface area (Å²) in [4.78, 5) is 14.1. The fourth-order valence-electron chi connectivity index (χ4n) is 2.21. The Labute approximate surface area is 128 Å². The highest BCUT2D eigenvalue weighted by Gasteiger charge is 2.10. The van der Waals surface area contributed by atoms with Gasteiger partial charge in [-0.2, -0.15) is 0 Å². The molecule has 0 aliphatic heterocycles. The molecule has 0 saturated carbocycles. The quantitative estimate of drug-likeness (QED) is 0.717. The number of rotatable bonds is 10. The van der Waals surface area contributed by atoms with Gasteiger partial charge in [0.2, 0.25) is 5.91 Å². The maximum absolute atomic E-state index is 12.1. The number of nitrogens with one attached hydrogen (secondary N) is 1. The second-order valence-electron chi connectivity index (χ2n) is 5.01. The van der Waals surface area contributed by atoms with Crippen molar-refractivity contribution in [2.45, 2.75) is 40.0 Å². The Bertz CT molecular complexity index is 398. The molecule has 0 spiro atoms. The number of carbonyl (C=O) groups excluding carboxylic acids is 1. The van der Waals surface area contributed by atoms with Crippen molar-refractivity contribution in [3.05, 3.63) is 24.3 Å². The first-order chi connectivity index (χ1) is 10.2. The molecule has 1 aromatic carbocycles. The van der Waals surface area contributed by atoms with Gasteiger partial charge in [-0.1, -0.05) is 13.8 Å². The van der Waals surface area contributed by atoms with Crippen LogP contribution in [-0.4, -0.2) is 37.0 Å². The van der Waals surface area contributed by atoms with E-state index in [0.29, 0.717) is 19.6 Å². The summed E-state index contributed by atoms with van der Waals surface area (Å²) in [6.45, 7) is 9.23. The zero-order valence-electron chi connectivity index (χ0n) is 13.5. The Morgan fingerprint density at radius 1 is 1.10 bits per heavy atom. The van der Waals surface area contributed by atoms with Crippen molar-refractivity contribution in [3.8, 4) is 5.75 Å². The van der Waals surface area contributed by atoms with Crippen LogP contribution in [0.4, 0.5) is 5.69 Å². The molecule has 0 radical (unpaired) electrons. The minimum atomic E-state index is 0.233. The second kappa shape index (κ2) is 10.1. The minimum Gasteiger partial charge on any atom is -0.494 e. The van der Waals surface area contributed by atoms with E-state index in [2.05, 4.69) is 19.2 Å². The van der Waals surface area contributed by atoms with Gasteiger partial charge in [0.15, 0.2) is 0 Å². The van der Waals surface area contributed by atoms with Gasteiger partial charge < -0.3 is 15.0 Å². The molecule has 0 atom stereocenters. The summed E-state index contributed by atoms with van der Waals surface area (Å²) in [6.07, 6.45) is 2.56. The van der Waals surface area contributed by atoms with Crippen molar-refractivity contribution in [3.63, 3.8) is 0 Å². The van der Waals surface area contributed by atoms with Crippen molar-refractivity contribution in [2.75, 3.05) is 31.6 Å². The smallest absolute Gasteiger partial charge is 0.224 e. The van der Waals surface area contributed by atoms with Gasteiger partial charge in [-0.15, -0.1) is 0 Å². The lowest BCUT2D eigenvalue weighted by Crippen LogP contribution is -2.33. The minimum absolute atomic E-state index is 0.233. The zero-order valence-corrected chi connectivity index (χ0v) is 13.5. The van der Waals surface area contributed by atoms with Crippen molar-refractivity contribution in [1.82, 2.24) is 4.90 Å². The van der Waals surface area contributed by atoms with E-state index in [-0.39, 0.29) is 5.91 Å². The molecule has 1 rings (SSSR count). The summed E-state index contributed by atoms with van der Waals surface area (Å²) in [5, 5.41) is 3.28. The average molecular weight is 292 g/mol. The van der Waals surface area contributed by atoms with Crippen LogP contribution in [-0.2, 0) is 4.79 Å². The number of hydrogen-bond donors (Lipinski definition) is 1. The number of carbonyl (C=O) groups is 1. The first kappa shape index (κ1) is 17.3. The SMILES string of the molecule is CCCN(CCC)C(=O)CCNc1ccc(OCC)cc1. The first-order valence-corrected chi connectivity index (χ1v) is 7.95. The standard InChI is InChI=1S/C17H28N2O2/c1-4-13-19(14-5-2)17(20)11-12-18-15-7-9-16(10-8-15)21-6-3/h7-10,18H,4-6,11-14H2,1-3H3. The lowest BCUT2D eigenvalue weighted by Gasteiger charge is -2.21. The molecular formula is C17H28N2O2. The molecular weight excluding hydrogens is 264 g/mol. The monoisotopic (exact) mass is 292 g/mol. The Morgan fingerprint density at radius 3 is 2.24 bits per heavy atom. The molecule has 0 fully saturated rings. The summed E-state index contributed by atoms with van der Waals surface area (Å²) in [5.41, 5.74) is 1.02. The fraction of sp³-hybridized carbons (Fsp3) is 0.588. The maximum Gasteiger partial charge on any atom is 0.224 e. The van der Waals surface area contributed by atoms with E-state index in [0.717, 1.165) is 37.4 Å². The molecule has 1 aromatic rings. The molecule has 0 aliphatic carbocycles. The predicted octanol–water partition coefficient (Wildman–Crippen LogP) is 3.54. The Hall–Kier alpha value is -1.71. The van der Waals surface area contributed by atoms with Crippen LogP contribution in [0.5, 0.6) is 5.75 Å². The van der Waals surface area contributed by atoms with Crippen molar-refractivity contribution in [1.29, 1.82) is 0 Å². The molecule has 4 nitrogen and oxygen atoms in total. The number of ether oxygens (including phenoxy) is 1. The van der Waals surface area contributed by atoms with Crippen LogP contribution in [0.1, 0.15) is 40.0 Å². The summed E-state index contributed by atoms with van der Waals surface area (Å²) in [6, 6.07) is 7.83. The van der Waals surface area contributed by atoms with Crippen LogP contribution < -0.4 is 10.1 Å². The summed E-state index contributed by atoms with van der Waals surface area (Å²) < 4.78 is 5.40. The highest BCUT2D eigenvalue weighted by Crippen LogP contribution is 2.15. The van der Waals surface area contributed by atoms with Gasteiger partial charge in [0, 0.05) is 31.7 Å². The average Bonchev–Trinajstić information content (AvgIpc) is 2.49. The third-order valence-electron chi connectivity index (χ3n) is 3.17. The molecule has 0 unspecified atom stereocenters. The first-order valence-electron chi connectivity index (χ1n) is 7.95. The molecule has 1 amide bonds.